The lowest BCUT2D eigenvalue weighted by molar-refractivity contribution is 0.173. The minimum atomic E-state index is -0.857. The molecule has 1 aliphatic heterocycles. The van der Waals surface area contributed by atoms with Gasteiger partial charge in [-0.1, -0.05) is 0 Å². The van der Waals surface area contributed by atoms with Crippen molar-refractivity contribution in [2.75, 3.05) is 27.2 Å². The number of halogens is 1. The molecule has 0 N–H and O–H groups in total. The second-order valence-electron chi connectivity index (χ2n) is 3.02. The second-order valence-corrected chi connectivity index (χ2v) is 3.34. The number of amides is 5. The Morgan fingerprint density at radius 1 is 1.29 bits per heavy atom. The van der Waals surface area contributed by atoms with Gasteiger partial charge in [-0.2, -0.15) is 0 Å². The molecule has 5 amide bonds. The minimum Gasteiger partial charge on any atom is -0.330 e. The summed E-state index contributed by atoms with van der Waals surface area (Å²) in [6, 6.07) is -1.11. The average molecular weight is 220 g/mol. The first-order valence-corrected chi connectivity index (χ1v) is 4.32. The average Bonchev–Trinajstić information content (AvgIpc) is 2.45. The highest BCUT2D eigenvalue weighted by Crippen LogP contribution is 2.12. The molecular formula is C7H10ClN3O3. The molecule has 0 atom stereocenters. The lowest BCUT2D eigenvalue weighted by Gasteiger charge is -2.18. The first-order chi connectivity index (χ1) is 6.45. The highest BCUT2D eigenvalue weighted by molar-refractivity contribution is 6.64. The summed E-state index contributed by atoms with van der Waals surface area (Å²) in [4.78, 5) is 36.5. The summed E-state index contributed by atoms with van der Waals surface area (Å²) in [6.07, 6.45) is 0. The standard InChI is InChI=1S/C7H10ClN3O3/c1-9(2)6(13)11-4-3-10(5(8)12)7(11)14/h3-4H2,1-2H3. The van der Waals surface area contributed by atoms with Crippen LogP contribution >= 0.6 is 11.6 Å². The zero-order chi connectivity index (χ0) is 10.9. The van der Waals surface area contributed by atoms with Crippen molar-refractivity contribution in [1.82, 2.24) is 14.7 Å². The van der Waals surface area contributed by atoms with Crippen LogP contribution in [0, 0.1) is 0 Å². The normalized spacial score (nSPS) is 16.1. The molecule has 0 saturated carbocycles. The molecule has 0 bridgehead atoms. The van der Waals surface area contributed by atoms with E-state index in [0.717, 1.165) is 9.80 Å². The summed E-state index contributed by atoms with van der Waals surface area (Å²) in [5.41, 5.74) is 0. The van der Waals surface area contributed by atoms with Crippen molar-refractivity contribution in [3.05, 3.63) is 0 Å². The van der Waals surface area contributed by atoms with Crippen molar-refractivity contribution >= 4 is 29.0 Å². The molecule has 6 nitrogen and oxygen atoms in total. The van der Waals surface area contributed by atoms with Gasteiger partial charge < -0.3 is 4.90 Å². The Labute approximate surface area is 86.0 Å². The van der Waals surface area contributed by atoms with Gasteiger partial charge in [0.2, 0.25) is 0 Å². The molecule has 0 aromatic carbocycles. The molecule has 78 valence electrons. The summed E-state index contributed by atoms with van der Waals surface area (Å²) in [5, 5.41) is -0.857. The predicted octanol–water partition coefficient (Wildman–Crippen LogP) is 0.764. The Hall–Kier alpha value is -1.30. The van der Waals surface area contributed by atoms with Crippen LogP contribution < -0.4 is 0 Å². The van der Waals surface area contributed by atoms with E-state index in [1.807, 2.05) is 0 Å². The van der Waals surface area contributed by atoms with Crippen LogP contribution in [0.2, 0.25) is 0 Å². The molecule has 1 fully saturated rings. The van der Waals surface area contributed by atoms with E-state index in [4.69, 9.17) is 11.6 Å². The molecule has 0 spiro atoms. The van der Waals surface area contributed by atoms with Crippen LogP contribution in [0.1, 0.15) is 0 Å². The van der Waals surface area contributed by atoms with Crippen LogP contribution in [-0.4, -0.2) is 59.3 Å². The van der Waals surface area contributed by atoms with Gasteiger partial charge in [-0.3, -0.25) is 4.79 Å². The largest absolute Gasteiger partial charge is 0.335 e. The highest BCUT2D eigenvalue weighted by atomic mass is 35.5. The summed E-state index contributed by atoms with van der Waals surface area (Å²) < 4.78 is 0. The zero-order valence-electron chi connectivity index (χ0n) is 7.86. The van der Waals surface area contributed by atoms with Gasteiger partial charge in [0.15, 0.2) is 0 Å². The van der Waals surface area contributed by atoms with Gasteiger partial charge in [0.25, 0.3) is 0 Å². The molecule has 7 heteroatoms. The van der Waals surface area contributed by atoms with Gasteiger partial charge in [-0.15, -0.1) is 0 Å². The van der Waals surface area contributed by atoms with Gasteiger partial charge in [-0.25, -0.2) is 19.4 Å². The third-order valence-corrected chi connectivity index (χ3v) is 2.04. The van der Waals surface area contributed by atoms with Gasteiger partial charge in [0.05, 0.1) is 6.54 Å². The molecule has 1 heterocycles. The highest BCUT2D eigenvalue weighted by Gasteiger charge is 2.36. The van der Waals surface area contributed by atoms with Crippen molar-refractivity contribution in [1.29, 1.82) is 0 Å². The van der Waals surface area contributed by atoms with Crippen molar-refractivity contribution in [3.8, 4) is 0 Å². The molecule has 1 rings (SSSR count). The molecule has 1 aliphatic rings. The van der Waals surface area contributed by atoms with Crippen LogP contribution in [0.25, 0.3) is 0 Å². The molecular weight excluding hydrogens is 210 g/mol. The van der Waals surface area contributed by atoms with E-state index in [1.54, 1.807) is 0 Å². The number of hydrogen-bond donors (Lipinski definition) is 0. The number of carbonyl (C=O) groups is 3. The predicted molar refractivity (Wildman–Crippen MR) is 49.1 cm³/mol. The topological polar surface area (TPSA) is 60.9 Å². The maximum atomic E-state index is 11.4. The molecule has 0 radical (unpaired) electrons. The summed E-state index contributed by atoms with van der Waals surface area (Å²) in [6.45, 7) is 0.342. The Balaban J connectivity index is 2.74. The van der Waals surface area contributed by atoms with E-state index in [0.29, 0.717) is 0 Å². The van der Waals surface area contributed by atoms with Crippen molar-refractivity contribution in [2.24, 2.45) is 0 Å². The SMILES string of the molecule is CN(C)C(=O)N1CCN(C(=O)Cl)C1=O. The maximum absolute atomic E-state index is 11.4. The number of urea groups is 2. The van der Waals surface area contributed by atoms with E-state index in [1.165, 1.54) is 19.0 Å². The molecule has 0 aliphatic carbocycles. The Morgan fingerprint density at radius 3 is 2.14 bits per heavy atom. The third-order valence-electron chi connectivity index (χ3n) is 1.83. The number of carbonyl (C=O) groups excluding carboxylic acids is 3. The molecule has 1 saturated heterocycles. The first kappa shape index (κ1) is 10.8. The maximum Gasteiger partial charge on any atom is 0.335 e. The fourth-order valence-corrected chi connectivity index (χ4v) is 1.28. The Kier molecular flexibility index (Phi) is 2.95. The second kappa shape index (κ2) is 3.83. The third kappa shape index (κ3) is 1.79. The van der Waals surface area contributed by atoms with Crippen LogP contribution in [0.5, 0.6) is 0 Å². The Bertz CT molecular complexity index is 292. The smallest absolute Gasteiger partial charge is 0.330 e. The molecule has 0 aromatic rings. The summed E-state index contributed by atoms with van der Waals surface area (Å²) in [5.74, 6) is 0. The van der Waals surface area contributed by atoms with Gasteiger partial charge in [0.1, 0.15) is 0 Å². The zero-order valence-corrected chi connectivity index (χ0v) is 8.61. The van der Waals surface area contributed by atoms with Crippen LogP contribution in [0.4, 0.5) is 14.4 Å². The monoisotopic (exact) mass is 219 g/mol. The van der Waals surface area contributed by atoms with E-state index in [9.17, 15) is 14.4 Å². The van der Waals surface area contributed by atoms with E-state index in [-0.39, 0.29) is 13.1 Å². The number of imide groups is 2. The van der Waals surface area contributed by atoms with E-state index in [2.05, 4.69) is 0 Å². The molecule has 0 aromatic heterocycles. The minimum absolute atomic E-state index is 0.154. The summed E-state index contributed by atoms with van der Waals surface area (Å²) in [7, 11) is 3.06. The van der Waals surface area contributed by atoms with Crippen LogP contribution in [0.3, 0.4) is 0 Å². The fraction of sp³-hybridized carbons (Fsp3) is 0.571. The summed E-state index contributed by atoms with van der Waals surface area (Å²) >= 11 is 5.14. The Morgan fingerprint density at radius 2 is 1.79 bits per heavy atom. The lowest BCUT2D eigenvalue weighted by Crippen LogP contribution is -2.42. The van der Waals surface area contributed by atoms with E-state index >= 15 is 0 Å². The quantitative estimate of drug-likeness (QED) is 0.447. The van der Waals surface area contributed by atoms with Crippen molar-refractivity contribution < 1.29 is 14.4 Å². The first-order valence-electron chi connectivity index (χ1n) is 3.95. The number of rotatable bonds is 0. The fourth-order valence-electron chi connectivity index (χ4n) is 1.12. The van der Waals surface area contributed by atoms with Crippen LogP contribution in [0.15, 0.2) is 0 Å². The lowest BCUT2D eigenvalue weighted by atomic mass is 10.6. The number of nitrogens with zero attached hydrogens (tertiary/aromatic N) is 3. The van der Waals surface area contributed by atoms with Crippen molar-refractivity contribution in [2.45, 2.75) is 0 Å². The van der Waals surface area contributed by atoms with Crippen molar-refractivity contribution in [3.63, 3.8) is 0 Å². The molecule has 0 unspecified atom stereocenters. The van der Waals surface area contributed by atoms with Gasteiger partial charge >= 0.3 is 17.4 Å². The molecule has 14 heavy (non-hydrogen) atoms. The number of hydrogen-bond acceptors (Lipinski definition) is 3. The van der Waals surface area contributed by atoms with Gasteiger partial charge in [-0.05, 0) is 11.6 Å². The van der Waals surface area contributed by atoms with Gasteiger partial charge in [0, 0.05) is 20.6 Å². The van der Waals surface area contributed by atoms with E-state index < -0.39 is 17.4 Å². The van der Waals surface area contributed by atoms with Crippen LogP contribution in [-0.2, 0) is 0 Å².